The zero-order valence-corrected chi connectivity index (χ0v) is 10.6. The summed E-state index contributed by atoms with van der Waals surface area (Å²) in [4.78, 5) is 11.2. The van der Waals surface area contributed by atoms with Crippen LogP contribution >= 0.6 is 15.9 Å². The summed E-state index contributed by atoms with van der Waals surface area (Å²) >= 11 is 3.36. The predicted octanol–water partition coefficient (Wildman–Crippen LogP) is 2.28. The molecule has 2 rings (SSSR count). The van der Waals surface area contributed by atoms with Gasteiger partial charge in [0.1, 0.15) is 5.54 Å². The number of hydrogen-bond acceptors (Lipinski definition) is 2. The monoisotopic (exact) mass is 283 g/mol. The minimum atomic E-state index is -1.19. The number of carbonyl (C=O) groups is 1. The van der Waals surface area contributed by atoms with Gasteiger partial charge in [-0.15, -0.1) is 0 Å². The number of aliphatic carboxylic acids is 1. The van der Waals surface area contributed by atoms with Crippen molar-refractivity contribution in [3.8, 4) is 0 Å². The van der Waals surface area contributed by atoms with Crippen molar-refractivity contribution in [2.45, 2.75) is 30.7 Å². The van der Waals surface area contributed by atoms with Crippen molar-refractivity contribution in [1.82, 2.24) is 0 Å². The molecule has 1 saturated carbocycles. The largest absolute Gasteiger partial charge is 0.480 e. The second-order valence-corrected chi connectivity index (χ2v) is 5.51. The van der Waals surface area contributed by atoms with E-state index in [-0.39, 0.29) is 5.41 Å². The molecule has 0 saturated heterocycles. The Morgan fingerprint density at radius 2 is 1.94 bits per heavy atom. The highest BCUT2D eigenvalue weighted by atomic mass is 79.9. The number of benzene rings is 1. The quantitative estimate of drug-likeness (QED) is 0.895. The van der Waals surface area contributed by atoms with Gasteiger partial charge >= 0.3 is 5.97 Å². The first-order valence-corrected chi connectivity index (χ1v) is 5.98. The van der Waals surface area contributed by atoms with Crippen LogP contribution in [0.2, 0.25) is 0 Å². The lowest BCUT2D eigenvalue weighted by atomic mass is 9.78. The van der Waals surface area contributed by atoms with Gasteiger partial charge in [0.25, 0.3) is 0 Å². The lowest BCUT2D eigenvalue weighted by Gasteiger charge is -2.30. The van der Waals surface area contributed by atoms with Crippen LogP contribution in [0.4, 0.5) is 0 Å². The first kappa shape index (κ1) is 11.6. The minimum absolute atomic E-state index is 0.389. The normalized spacial score (nSPS) is 21.2. The van der Waals surface area contributed by atoms with Crippen LogP contribution in [-0.2, 0) is 10.2 Å². The fourth-order valence-corrected chi connectivity index (χ4v) is 2.47. The van der Waals surface area contributed by atoms with Gasteiger partial charge in [-0.3, -0.25) is 4.79 Å². The van der Waals surface area contributed by atoms with Crippen molar-refractivity contribution in [2.75, 3.05) is 0 Å². The molecular weight excluding hydrogens is 270 g/mol. The highest BCUT2D eigenvalue weighted by Gasteiger charge is 2.59. The Labute approximate surface area is 103 Å². The number of rotatable bonds is 3. The van der Waals surface area contributed by atoms with Crippen molar-refractivity contribution in [1.29, 1.82) is 0 Å². The van der Waals surface area contributed by atoms with Crippen LogP contribution in [0.15, 0.2) is 28.7 Å². The van der Waals surface area contributed by atoms with Gasteiger partial charge < -0.3 is 10.8 Å². The van der Waals surface area contributed by atoms with Gasteiger partial charge in [-0.05, 0) is 37.5 Å². The lowest BCUT2D eigenvalue weighted by Crippen LogP contribution is -2.54. The molecule has 0 amide bonds. The molecule has 1 atom stereocenters. The van der Waals surface area contributed by atoms with Gasteiger partial charge in [0, 0.05) is 9.89 Å². The number of carboxylic acid groups (broad SMARTS) is 1. The molecule has 16 heavy (non-hydrogen) atoms. The van der Waals surface area contributed by atoms with Crippen LogP contribution in [0, 0.1) is 0 Å². The Hall–Kier alpha value is -0.870. The molecule has 1 aromatic rings. The third kappa shape index (κ3) is 1.57. The maximum Gasteiger partial charge on any atom is 0.324 e. The zero-order chi connectivity index (χ0) is 12.0. The Bertz CT molecular complexity index is 421. The molecule has 3 N–H and O–H groups in total. The lowest BCUT2D eigenvalue weighted by molar-refractivity contribution is -0.144. The summed E-state index contributed by atoms with van der Waals surface area (Å²) in [5.74, 6) is -0.937. The fourth-order valence-electron chi connectivity index (χ4n) is 2.21. The van der Waals surface area contributed by atoms with E-state index >= 15 is 0 Å². The van der Waals surface area contributed by atoms with Crippen molar-refractivity contribution in [3.05, 3.63) is 34.3 Å². The summed E-state index contributed by atoms with van der Waals surface area (Å²) in [6, 6.07) is 7.75. The summed E-state index contributed by atoms with van der Waals surface area (Å²) in [7, 11) is 0. The first-order valence-electron chi connectivity index (χ1n) is 5.18. The van der Waals surface area contributed by atoms with E-state index in [1.807, 2.05) is 24.3 Å². The van der Waals surface area contributed by atoms with E-state index in [0.717, 1.165) is 22.9 Å². The van der Waals surface area contributed by atoms with Crippen molar-refractivity contribution in [2.24, 2.45) is 5.73 Å². The molecular formula is C12H14BrNO2. The molecule has 4 heteroatoms. The number of halogens is 1. The summed E-state index contributed by atoms with van der Waals surface area (Å²) in [6.07, 6.45) is 1.68. The van der Waals surface area contributed by atoms with Crippen molar-refractivity contribution >= 4 is 21.9 Å². The van der Waals surface area contributed by atoms with E-state index < -0.39 is 11.5 Å². The van der Waals surface area contributed by atoms with E-state index in [2.05, 4.69) is 15.9 Å². The molecule has 0 bridgehead atoms. The van der Waals surface area contributed by atoms with E-state index in [1.165, 1.54) is 0 Å². The van der Waals surface area contributed by atoms with Crippen molar-refractivity contribution in [3.63, 3.8) is 0 Å². The molecule has 0 heterocycles. The van der Waals surface area contributed by atoms with Gasteiger partial charge in [0.05, 0.1) is 0 Å². The molecule has 86 valence electrons. The van der Waals surface area contributed by atoms with Crippen molar-refractivity contribution < 1.29 is 9.90 Å². The summed E-state index contributed by atoms with van der Waals surface area (Å²) in [6.45, 7) is 1.60. The van der Waals surface area contributed by atoms with E-state index in [0.29, 0.717) is 0 Å². The number of hydrogen-bond donors (Lipinski definition) is 2. The smallest absolute Gasteiger partial charge is 0.324 e. The van der Waals surface area contributed by atoms with Gasteiger partial charge in [-0.25, -0.2) is 0 Å². The third-order valence-corrected chi connectivity index (χ3v) is 4.11. The molecule has 0 spiro atoms. The SMILES string of the molecule is CC(N)(C(=O)O)C1(c2ccc(Br)cc2)CC1. The predicted molar refractivity (Wildman–Crippen MR) is 65.3 cm³/mol. The maximum absolute atomic E-state index is 11.2. The Morgan fingerprint density at radius 1 is 1.44 bits per heavy atom. The van der Waals surface area contributed by atoms with Crippen LogP contribution in [0.5, 0.6) is 0 Å². The van der Waals surface area contributed by atoms with E-state index in [4.69, 9.17) is 5.73 Å². The molecule has 1 aromatic carbocycles. The van der Waals surface area contributed by atoms with Gasteiger partial charge in [-0.1, -0.05) is 28.1 Å². The summed E-state index contributed by atoms with van der Waals surface area (Å²) in [5, 5.41) is 9.20. The highest BCUT2D eigenvalue weighted by molar-refractivity contribution is 9.10. The number of carboxylic acids is 1. The van der Waals surface area contributed by atoms with E-state index in [1.54, 1.807) is 6.92 Å². The Balaban J connectivity index is 2.40. The van der Waals surface area contributed by atoms with Gasteiger partial charge in [0.2, 0.25) is 0 Å². The molecule has 1 aliphatic carbocycles. The second-order valence-electron chi connectivity index (χ2n) is 4.60. The van der Waals surface area contributed by atoms with Crippen LogP contribution < -0.4 is 5.73 Å². The third-order valence-electron chi connectivity index (χ3n) is 3.59. The zero-order valence-electron chi connectivity index (χ0n) is 9.03. The fraction of sp³-hybridized carbons (Fsp3) is 0.417. The molecule has 3 nitrogen and oxygen atoms in total. The van der Waals surface area contributed by atoms with Crippen LogP contribution in [0.25, 0.3) is 0 Å². The molecule has 0 radical (unpaired) electrons. The average Bonchev–Trinajstić information content (AvgIpc) is 2.99. The van der Waals surface area contributed by atoms with Crippen LogP contribution in [0.1, 0.15) is 25.3 Å². The average molecular weight is 284 g/mol. The number of nitrogens with two attached hydrogens (primary N) is 1. The Morgan fingerprint density at radius 3 is 2.31 bits per heavy atom. The Kier molecular flexibility index (Phi) is 2.59. The van der Waals surface area contributed by atoms with E-state index in [9.17, 15) is 9.90 Å². The standard InChI is InChI=1S/C12H14BrNO2/c1-11(14,10(15)16)12(6-7-12)8-2-4-9(13)5-3-8/h2-5H,6-7,14H2,1H3,(H,15,16). The molecule has 1 aliphatic rings. The molecule has 0 aromatic heterocycles. The van der Waals surface area contributed by atoms with Crippen LogP contribution in [0.3, 0.4) is 0 Å². The van der Waals surface area contributed by atoms with Crippen LogP contribution in [-0.4, -0.2) is 16.6 Å². The molecule has 1 unspecified atom stereocenters. The van der Waals surface area contributed by atoms with Gasteiger partial charge in [0.15, 0.2) is 0 Å². The maximum atomic E-state index is 11.2. The molecule has 1 fully saturated rings. The summed E-state index contributed by atoms with van der Waals surface area (Å²) < 4.78 is 0.987. The topological polar surface area (TPSA) is 63.3 Å². The minimum Gasteiger partial charge on any atom is -0.480 e. The summed E-state index contributed by atoms with van der Waals surface area (Å²) in [5.41, 5.74) is 5.39. The highest BCUT2D eigenvalue weighted by Crippen LogP contribution is 2.54. The second kappa shape index (κ2) is 3.57. The molecule has 0 aliphatic heterocycles. The first-order chi connectivity index (χ1) is 7.40. The van der Waals surface area contributed by atoms with Gasteiger partial charge in [-0.2, -0.15) is 0 Å².